The van der Waals surface area contributed by atoms with E-state index in [2.05, 4.69) is 16.4 Å². The Labute approximate surface area is 132 Å². The van der Waals surface area contributed by atoms with Crippen molar-refractivity contribution in [1.82, 2.24) is 14.7 Å². The summed E-state index contributed by atoms with van der Waals surface area (Å²) in [4.78, 5) is 19.0. The third-order valence-electron chi connectivity index (χ3n) is 4.05. The van der Waals surface area contributed by atoms with E-state index in [9.17, 15) is 4.79 Å². The van der Waals surface area contributed by atoms with Gasteiger partial charge in [-0.3, -0.25) is 4.79 Å². The summed E-state index contributed by atoms with van der Waals surface area (Å²) in [6.07, 6.45) is 8.24. The van der Waals surface area contributed by atoms with Crippen LogP contribution in [0, 0.1) is 0 Å². The van der Waals surface area contributed by atoms with E-state index < -0.39 is 0 Å². The van der Waals surface area contributed by atoms with Crippen molar-refractivity contribution in [2.75, 3.05) is 6.54 Å². The molecule has 1 N–H and O–H groups in total. The number of thiophene rings is 1. The molecule has 112 valence electrons. The number of pyridine rings is 1. The van der Waals surface area contributed by atoms with Gasteiger partial charge in [0, 0.05) is 30.2 Å². The lowest BCUT2D eigenvalue weighted by Gasteiger charge is -2.01. The van der Waals surface area contributed by atoms with E-state index in [0.29, 0.717) is 6.54 Å². The average molecular weight is 311 g/mol. The van der Waals surface area contributed by atoms with Gasteiger partial charge >= 0.3 is 0 Å². The van der Waals surface area contributed by atoms with Gasteiger partial charge in [0.15, 0.2) is 0 Å². The van der Waals surface area contributed by atoms with Crippen LogP contribution in [0.5, 0.6) is 0 Å². The van der Waals surface area contributed by atoms with Gasteiger partial charge in [0.2, 0.25) is 0 Å². The van der Waals surface area contributed by atoms with Crippen LogP contribution in [0.2, 0.25) is 0 Å². The minimum atomic E-state index is 0.0446. The Morgan fingerprint density at radius 3 is 3.18 bits per heavy atom. The zero-order valence-electron chi connectivity index (χ0n) is 12.2. The van der Waals surface area contributed by atoms with Gasteiger partial charge in [-0.05, 0) is 43.0 Å². The fourth-order valence-corrected chi connectivity index (χ4v) is 4.11. The molecule has 0 spiro atoms. The van der Waals surface area contributed by atoms with Crippen LogP contribution in [-0.4, -0.2) is 21.8 Å². The lowest BCUT2D eigenvalue weighted by molar-refractivity contribution is 0.0958. The van der Waals surface area contributed by atoms with Crippen LogP contribution in [0.1, 0.15) is 32.2 Å². The molecule has 4 nitrogen and oxygen atoms in total. The monoisotopic (exact) mass is 311 g/mol. The molecular weight excluding hydrogens is 294 g/mol. The number of aryl methyl sites for hydroxylation is 2. The van der Waals surface area contributed by atoms with Crippen molar-refractivity contribution in [3.63, 3.8) is 0 Å². The number of hydrogen-bond acceptors (Lipinski definition) is 3. The van der Waals surface area contributed by atoms with Crippen molar-refractivity contribution in [2.45, 2.75) is 25.7 Å². The highest BCUT2D eigenvalue weighted by atomic mass is 32.1. The third kappa shape index (κ3) is 2.52. The number of amides is 1. The molecule has 0 aromatic carbocycles. The number of imidazole rings is 1. The second kappa shape index (κ2) is 5.57. The molecule has 0 atom stereocenters. The average Bonchev–Trinajstić information content (AvgIpc) is 3.20. The van der Waals surface area contributed by atoms with Gasteiger partial charge in [-0.1, -0.05) is 6.07 Å². The molecule has 3 aromatic rings. The first-order chi connectivity index (χ1) is 10.8. The second-order valence-electron chi connectivity index (χ2n) is 5.62. The van der Waals surface area contributed by atoms with Gasteiger partial charge < -0.3 is 9.72 Å². The molecule has 5 heteroatoms. The number of carbonyl (C=O) groups is 1. The summed E-state index contributed by atoms with van der Waals surface area (Å²) in [7, 11) is 0. The van der Waals surface area contributed by atoms with Gasteiger partial charge in [0.25, 0.3) is 5.91 Å². The Balaban J connectivity index is 1.36. The second-order valence-corrected chi connectivity index (χ2v) is 6.75. The molecular formula is C17H17N3OS. The molecule has 0 fully saturated rings. The molecule has 3 heterocycles. The third-order valence-corrected chi connectivity index (χ3v) is 5.29. The van der Waals surface area contributed by atoms with E-state index >= 15 is 0 Å². The molecule has 22 heavy (non-hydrogen) atoms. The quantitative estimate of drug-likeness (QED) is 0.805. The summed E-state index contributed by atoms with van der Waals surface area (Å²) < 4.78 is 2.00. The molecule has 0 aliphatic heterocycles. The van der Waals surface area contributed by atoms with E-state index in [1.54, 1.807) is 11.3 Å². The summed E-state index contributed by atoms with van der Waals surface area (Å²) in [5.74, 6) is 0.0446. The van der Waals surface area contributed by atoms with Crippen molar-refractivity contribution in [3.8, 4) is 0 Å². The van der Waals surface area contributed by atoms with E-state index in [1.807, 2.05) is 35.0 Å². The van der Waals surface area contributed by atoms with Gasteiger partial charge in [-0.25, -0.2) is 4.98 Å². The highest BCUT2D eigenvalue weighted by Crippen LogP contribution is 2.30. The lowest BCUT2D eigenvalue weighted by atomic mass is 10.2. The van der Waals surface area contributed by atoms with Crippen molar-refractivity contribution in [2.24, 2.45) is 0 Å². The van der Waals surface area contributed by atoms with Crippen LogP contribution in [0.3, 0.4) is 0 Å². The van der Waals surface area contributed by atoms with Crippen LogP contribution in [0.4, 0.5) is 0 Å². The molecule has 0 saturated heterocycles. The molecule has 1 amide bonds. The van der Waals surface area contributed by atoms with Crippen LogP contribution < -0.4 is 5.32 Å². The first-order valence-corrected chi connectivity index (χ1v) is 8.44. The van der Waals surface area contributed by atoms with Crippen molar-refractivity contribution >= 4 is 22.9 Å². The number of hydrogen-bond donors (Lipinski definition) is 1. The molecule has 0 bridgehead atoms. The normalized spacial score (nSPS) is 13.5. The Bertz CT molecular complexity index is 779. The number of carbonyl (C=O) groups excluding carboxylic acids is 1. The molecule has 0 saturated carbocycles. The summed E-state index contributed by atoms with van der Waals surface area (Å²) in [5.41, 5.74) is 3.31. The Morgan fingerprint density at radius 2 is 2.32 bits per heavy atom. The summed E-state index contributed by atoms with van der Waals surface area (Å²) in [6.45, 7) is 0.616. The first-order valence-electron chi connectivity index (χ1n) is 7.62. The molecule has 0 unspecified atom stereocenters. The Morgan fingerprint density at radius 1 is 1.36 bits per heavy atom. The van der Waals surface area contributed by atoms with Crippen LogP contribution >= 0.6 is 11.3 Å². The van der Waals surface area contributed by atoms with Crippen LogP contribution in [0.25, 0.3) is 5.65 Å². The van der Waals surface area contributed by atoms with Gasteiger partial charge in [-0.2, -0.15) is 0 Å². The molecule has 1 aliphatic carbocycles. The summed E-state index contributed by atoms with van der Waals surface area (Å²) >= 11 is 1.65. The maximum atomic E-state index is 12.2. The van der Waals surface area contributed by atoms with E-state index in [1.165, 1.54) is 16.9 Å². The molecule has 3 aromatic heterocycles. The van der Waals surface area contributed by atoms with E-state index in [-0.39, 0.29) is 5.91 Å². The first kappa shape index (κ1) is 13.5. The van der Waals surface area contributed by atoms with E-state index in [0.717, 1.165) is 35.5 Å². The van der Waals surface area contributed by atoms with Crippen molar-refractivity contribution < 1.29 is 4.79 Å². The van der Waals surface area contributed by atoms with E-state index in [4.69, 9.17) is 0 Å². The number of aromatic nitrogens is 2. The van der Waals surface area contributed by atoms with Crippen LogP contribution in [-0.2, 0) is 19.3 Å². The lowest BCUT2D eigenvalue weighted by Crippen LogP contribution is -2.25. The largest absolute Gasteiger partial charge is 0.351 e. The van der Waals surface area contributed by atoms with Gasteiger partial charge in [-0.15, -0.1) is 11.3 Å². The molecule has 1 aliphatic rings. The Kier molecular flexibility index (Phi) is 3.42. The highest BCUT2D eigenvalue weighted by Gasteiger charge is 2.18. The smallest absolute Gasteiger partial charge is 0.261 e. The predicted octanol–water partition coefficient (Wildman–Crippen LogP) is 2.86. The predicted molar refractivity (Wildman–Crippen MR) is 87.6 cm³/mol. The number of nitrogens with zero attached hydrogens (tertiary/aromatic N) is 2. The topological polar surface area (TPSA) is 46.4 Å². The van der Waals surface area contributed by atoms with Crippen molar-refractivity contribution in [3.05, 3.63) is 57.7 Å². The summed E-state index contributed by atoms with van der Waals surface area (Å²) in [5, 5.41) is 3.00. The summed E-state index contributed by atoms with van der Waals surface area (Å²) in [6, 6.07) is 8.00. The number of fused-ring (bicyclic) bond motifs is 2. The van der Waals surface area contributed by atoms with Crippen LogP contribution in [0.15, 0.2) is 36.7 Å². The van der Waals surface area contributed by atoms with Gasteiger partial charge in [0.1, 0.15) is 5.65 Å². The Hall–Kier alpha value is -2.14. The minimum absolute atomic E-state index is 0.0446. The standard InChI is InChI=1S/C17H17N3OS/c21-17(15-10-12-4-3-5-14(12)22-15)18-8-7-13-11-20-9-2-1-6-16(20)19-13/h1-2,6,9-11H,3-5,7-8H2,(H,18,21). The van der Waals surface area contributed by atoms with Crippen molar-refractivity contribution in [1.29, 1.82) is 0 Å². The SMILES string of the molecule is O=C(NCCc1cn2ccccc2n1)c1cc2c(s1)CCC2. The maximum absolute atomic E-state index is 12.2. The zero-order valence-corrected chi connectivity index (χ0v) is 13.0. The van der Waals surface area contributed by atoms with Gasteiger partial charge in [0.05, 0.1) is 10.6 Å². The molecule has 4 rings (SSSR count). The maximum Gasteiger partial charge on any atom is 0.261 e. The molecule has 0 radical (unpaired) electrons. The number of rotatable bonds is 4. The number of nitrogens with one attached hydrogen (secondary N) is 1. The fourth-order valence-electron chi connectivity index (χ4n) is 2.94. The zero-order chi connectivity index (χ0) is 14.9. The highest BCUT2D eigenvalue weighted by molar-refractivity contribution is 7.14. The fraction of sp³-hybridized carbons (Fsp3) is 0.294. The minimum Gasteiger partial charge on any atom is -0.351 e.